The number of aryl methyl sites for hydroxylation is 1. The molecular formula is C13H12F2OS. The third-order valence-electron chi connectivity index (χ3n) is 2.44. The van der Waals surface area contributed by atoms with Gasteiger partial charge in [-0.1, -0.05) is 0 Å². The van der Waals surface area contributed by atoms with E-state index in [0.717, 1.165) is 15.8 Å². The molecule has 0 amide bonds. The fourth-order valence-corrected chi connectivity index (χ4v) is 2.55. The maximum absolute atomic E-state index is 13.0. The topological polar surface area (TPSA) is 20.2 Å². The second kappa shape index (κ2) is 4.94. The first kappa shape index (κ1) is 12.2. The van der Waals surface area contributed by atoms with Crippen molar-refractivity contribution in [3.63, 3.8) is 0 Å². The first-order valence-electron chi connectivity index (χ1n) is 5.24. The lowest BCUT2D eigenvalue weighted by atomic mass is 10.1. The van der Waals surface area contributed by atoms with E-state index in [-0.39, 0.29) is 6.42 Å². The Morgan fingerprint density at radius 2 is 1.82 bits per heavy atom. The van der Waals surface area contributed by atoms with Gasteiger partial charge in [0.05, 0.1) is 6.10 Å². The molecule has 4 heteroatoms. The number of rotatable bonds is 3. The zero-order chi connectivity index (χ0) is 12.4. The molecular weight excluding hydrogens is 242 g/mol. The molecule has 2 aromatic rings. The molecule has 1 atom stereocenters. The Morgan fingerprint density at radius 1 is 1.18 bits per heavy atom. The monoisotopic (exact) mass is 254 g/mol. The Balaban J connectivity index is 2.15. The lowest BCUT2D eigenvalue weighted by Gasteiger charge is -2.08. The van der Waals surface area contributed by atoms with Crippen LogP contribution in [-0.4, -0.2) is 5.11 Å². The predicted octanol–water partition coefficient (Wildman–Crippen LogP) is 3.61. The molecule has 0 saturated carbocycles. The van der Waals surface area contributed by atoms with E-state index in [1.54, 1.807) is 0 Å². The van der Waals surface area contributed by atoms with E-state index in [1.165, 1.54) is 23.5 Å². The number of aliphatic hydroxyl groups excluding tert-OH is 1. The Hall–Kier alpha value is -1.26. The van der Waals surface area contributed by atoms with Crippen molar-refractivity contribution in [2.45, 2.75) is 19.4 Å². The summed E-state index contributed by atoms with van der Waals surface area (Å²) >= 11 is 1.49. The number of benzene rings is 1. The maximum atomic E-state index is 13.0. The van der Waals surface area contributed by atoms with Crippen molar-refractivity contribution in [1.29, 1.82) is 0 Å². The molecule has 17 heavy (non-hydrogen) atoms. The van der Waals surface area contributed by atoms with Gasteiger partial charge in [-0.15, -0.1) is 11.3 Å². The molecule has 2 rings (SSSR count). The molecule has 1 unspecified atom stereocenters. The molecule has 90 valence electrons. The van der Waals surface area contributed by atoms with Crippen LogP contribution in [0.4, 0.5) is 8.78 Å². The summed E-state index contributed by atoms with van der Waals surface area (Å²) < 4.78 is 25.9. The molecule has 1 aromatic carbocycles. The molecule has 0 saturated heterocycles. The molecule has 0 fully saturated rings. The van der Waals surface area contributed by atoms with Gasteiger partial charge >= 0.3 is 0 Å². The van der Waals surface area contributed by atoms with Gasteiger partial charge in [0.1, 0.15) is 11.6 Å². The van der Waals surface area contributed by atoms with Crippen molar-refractivity contribution in [2.24, 2.45) is 0 Å². The maximum Gasteiger partial charge on any atom is 0.126 e. The van der Waals surface area contributed by atoms with Gasteiger partial charge in [-0.3, -0.25) is 0 Å². The Kier molecular flexibility index (Phi) is 3.54. The van der Waals surface area contributed by atoms with Crippen molar-refractivity contribution in [2.75, 3.05) is 0 Å². The largest absolute Gasteiger partial charge is 0.387 e. The Labute approximate surface area is 102 Å². The van der Waals surface area contributed by atoms with Crippen LogP contribution in [0.5, 0.6) is 0 Å². The second-order valence-electron chi connectivity index (χ2n) is 3.95. The van der Waals surface area contributed by atoms with E-state index >= 15 is 0 Å². The van der Waals surface area contributed by atoms with E-state index in [9.17, 15) is 13.9 Å². The molecule has 0 radical (unpaired) electrons. The van der Waals surface area contributed by atoms with Crippen LogP contribution in [-0.2, 0) is 6.42 Å². The van der Waals surface area contributed by atoms with Gasteiger partial charge in [0.25, 0.3) is 0 Å². The van der Waals surface area contributed by atoms with Gasteiger partial charge in [-0.05, 0) is 36.8 Å². The second-order valence-corrected chi connectivity index (χ2v) is 5.27. The standard InChI is InChI=1S/C13H12F2OS/c1-8-2-3-13(17-8)12(16)6-9-4-10(14)7-11(15)5-9/h2-5,7,12,16H,6H2,1H3. The van der Waals surface area contributed by atoms with Crippen molar-refractivity contribution >= 4 is 11.3 Å². The summed E-state index contributed by atoms with van der Waals surface area (Å²) in [7, 11) is 0. The minimum Gasteiger partial charge on any atom is -0.387 e. The zero-order valence-electron chi connectivity index (χ0n) is 9.28. The number of hydrogen-bond donors (Lipinski definition) is 1. The lowest BCUT2D eigenvalue weighted by molar-refractivity contribution is 0.182. The van der Waals surface area contributed by atoms with Crippen LogP contribution in [0, 0.1) is 18.6 Å². The van der Waals surface area contributed by atoms with Crippen LogP contribution in [0.2, 0.25) is 0 Å². The van der Waals surface area contributed by atoms with Crippen LogP contribution in [0.15, 0.2) is 30.3 Å². The predicted molar refractivity (Wildman–Crippen MR) is 64.1 cm³/mol. The van der Waals surface area contributed by atoms with E-state index in [0.29, 0.717) is 5.56 Å². The SMILES string of the molecule is Cc1ccc(C(O)Cc2cc(F)cc(F)c2)s1. The summed E-state index contributed by atoms with van der Waals surface area (Å²) in [5.74, 6) is -1.23. The van der Waals surface area contributed by atoms with Crippen LogP contribution < -0.4 is 0 Å². The van der Waals surface area contributed by atoms with Gasteiger partial charge in [0.15, 0.2) is 0 Å². The molecule has 0 aliphatic rings. The van der Waals surface area contributed by atoms with Crippen molar-refractivity contribution in [3.05, 3.63) is 57.3 Å². The van der Waals surface area contributed by atoms with Crippen LogP contribution in [0.25, 0.3) is 0 Å². The summed E-state index contributed by atoms with van der Waals surface area (Å²) in [5.41, 5.74) is 0.459. The smallest absolute Gasteiger partial charge is 0.126 e. The number of aliphatic hydroxyl groups is 1. The Bertz CT molecular complexity index is 502. The first-order valence-corrected chi connectivity index (χ1v) is 6.05. The molecule has 0 aliphatic carbocycles. The quantitative estimate of drug-likeness (QED) is 0.887. The fourth-order valence-electron chi connectivity index (χ4n) is 1.69. The number of hydrogen-bond acceptors (Lipinski definition) is 2. The zero-order valence-corrected chi connectivity index (χ0v) is 10.1. The summed E-state index contributed by atoms with van der Waals surface area (Å²) in [5, 5.41) is 9.93. The molecule has 0 bridgehead atoms. The molecule has 1 heterocycles. The van der Waals surface area contributed by atoms with Crippen LogP contribution in [0.3, 0.4) is 0 Å². The van der Waals surface area contributed by atoms with E-state index in [4.69, 9.17) is 0 Å². The third-order valence-corrected chi connectivity index (χ3v) is 3.54. The van der Waals surface area contributed by atoms with Crippen molar-refractivity contribution in [3.8, 4) is 0 Å². The van der Waals surface area contributed by atoms with Gasteiger partial charge in [-0.2, -0.15) is 0 Å². The van der Waals surface area contributed by atoms with Gasteiger partial charge in [0.2, 0.25) is 0 Å². The van der Waals surface area contributed by atoms with Crippen LogP contribution >= 0.6 is 11.3 Å². The van der Waals surface area contributed by atoms with E-state index in [2.05, 4.69) is 0 Å². The summed E-state index contributed by atoms with van der Waals surface area (Å²) in [6, 6.07) is 7.06. The van der Waals surface area contributed by atoms with Crippen LogP contribution in [0.1, 0.15) is 21.4 Å². The summed E-state index contributed by atoms with van der Waals surface area (Å²) in [4.78, 5) is 1.91. The average Bonchev–Trinajstić information content (AvgIpc) is 2.63. The molecule has 1 N–H and O–H groups in total. The van der Waals surface area contributed by atoms with Crippen molar-refractivity contribution < 1.29 is 13.9 Å². The highest BCUT2D eigenvalue weighted by Gasteiger charge is 2.12. The first-order chi connectivity index (χ1) is 8.04. The van der Waals surface area contributed by atoms with E-state index in [1.807, 2.05) is 19.1 Å². The number of thiophene rings is 1. The summed E-state index contributed by atoms with van der Waals surface area (Å²) in [6.45, 7) is 1.95. The fraction of sp³-hybridized carbons (Fsp3) is 0.231. The molecule has 1 aromatic heterocycles. The Morgan fingerprint density at radius 3 is 2.35 bits per heavy atom. The highest BCUT2D eigenvalue weighted by molar-refractivity contribution is 7.12. The van der Waals surface area contributed by atoms with Gasteiger partial charge in [-0.25, -0.2) is 8.78 Å². The van der Waals surface area contributed by atoms with Gasteiger partial charge in [0, 0.05) is 22.2 Å². The molecule has 0 spiro atoms. The third kappa shape index (κ3) is 3.11. The van der Waals surface area contributed by atoms with E-state index < -0.39 is 17.7 Å². The highest BCUT2D eigenvalue weighted by atomic mass is 32.1. The van der Waals surface area contributed by atoms with Gasteiger partial charge < -0.3 is 5.11 Å². The molecule has 0 aliphatic heterocycles. The number of halogens is 2. The minimum atomic E-state index is -0.713. The highest BCUT2D eigenvalue weighted by Crippen LogP contribution is 2.25. The normalized spacial score (nSPS) is 12.7. The van der Waals surface area contributed by atoms with Crippen molar-refractivity contribution in [1.82, 2.24) is 0 Å². The average molecular weight is 254 g/mol. The minimum absolute atomic E-state index is 0.217. The summed E-state index contributed by atoms with van der Waals surface area (Å²) in [6.07, 6.45) is -0.496. The lowest BCUT2D eigenvalue weighted by Crippen LogP contribution is -2.00. The molecule has 1 nitrogen and oxygen atoms in total.